The van der Waals surface area contributed by atoms with Crippen molar-refractivity contribution in [3.05, 3.63) is 0 Å². The van der Waals surface area contributed by atoms with Crippen molar-refractivity contribution >= 4 is 17.7 Å². The molecule has 0 spiro atoms. The monoisotopic (exact) mass is 174 g/mol. The van der Waals surface area contributed by atoms with E-state index in [9.17, 15) is 4.79 Å². The Morgan fingerprint density at radius 3 is 3.09 bits per heavy atom. The second kappa shape index (κ2) is 3.48. The van der Waals surface area contributed by atoms with Gasteiger partial charge in [-0.3, -0.25) is 4.79 Å². The third-order valence-corrected chi connectivity index (χ3v) is 3.45. The third-order valence-electron chi connectivity index (χ3n) is 2.11. The van der Waals surface area contributed by atoms with Gasteiger partial charge in [-0.1, -0.05) is 13.8 Å². The van der Waals surface area contributed by atoms with E-state index in [0.717, 1.165) is 12.2 Å². The Labute approximate surface area is 71.7 Å². The third kappa shape index (κ3) is 2.40. The van der Waals surface area contributed by atoms with Crippen molar-refractivity contribution in [3.63, 3.8) is 0 Å². The molecule has 1 unspecified atom stereocenters. The topological polar surface area (TPSA) is 26.3 Å². The molecule has 1 aliphatic heterocycles. The van der Waals surface area contributed by atoms with Crippen LogP contribution in [-0.4, -0.2) is 24.1 Å². The van der Waals surface area contributed by atoms with E-state index in [1.807, 2.05) is 0 Å². The Morgan fingerprint density at radius 1 is 1.73 bits per heavy atom. The molecule has 64 valence electrons. The molecule has 0 saturated carbocycles. The van der Waals surface area contributed by atoms with E-state index in [1.165, 1.54) is 0 Å². The Kier molecular flexibility index (Phi) is 2.82. The molecule has 0 aliphatic carbocycles. The average Bonchev–Trinajstić information content (AvgIpc) is 2.15. The molecule has 1 aliphatic rings. The number of cyclic esters (lactones) is 1. The predicted octanol–water partition coefficient (Wildman–Crippen LogP) is 1.69. The summed E-state index contributed by atoms with van der Waals surface area (Å²) in [7, 11) is 0. The maximum Gasteiger partial charge on any atom is 0.315 e. The first-order valence-electron chi connectivity index (χ1n) is 3.90. The molecule has 3 heteroatoms. The van der Waals surface area contributed by atoms with Crippen molar-refractivity contribution in [1.29, 1.82) is 0 Å². The van der Waals surface area contributed by atoms with Gasteiger partial charge in [0.2, 0.25) is 0 Å². The van der Waals surface area contributed by atoms with Crippen LogP contribution in [0.4, 0.5) is 0 Å². The molecule has 0 bridgehead atoms. The number of esters is 1. The van der Waals surface area contributed by atoms with Crippen LogP contribution in [0.5, 0.6) is 0 Å². The van der Waals surface area contributed by atoms with Gasteiger partial charge < -0.3 is 4.74 Å². The second-order valence-corrected chi connectivity index (χ2v) is 4.30. The van der Waals surface area contributed by atoms with Crippen LogP contribution in [-0.2, 0) is 9.53 Å². The maximum atomic E-state index is 10.8. The summed E-state index contributed by atoms with van der Waals surface area (Å²) in [5.74, 6) is 1.50. The van der Waals surface area contributed by atoms with E-state index in [1.54, 1.807) is 11.8 Å². The highest BCUT2D eigenvalue weighted by atomic mass is 32.2. The van der Waals surface area contributed by atoms with Gasteiger partial charge in [0.05, 0.1) is 12.4 Å². The highest BCUT2D eigenvalue weighted by Gasteiger charge is 2.27. The smallest absolute Gasteiger partial charge is 0.315 e. The zero-order valence-electron chi connectivity index (χ0n) is 7.05. The van der Waals surface area contributed by atoms with Gasteiger partial charge >= 0.3 is 5.97 Å². The van der Waals surface area contributed by atoms with Crippen LogP contribution >= 0.6 is 11.8 Å². The maximum absolute atomic E-state index is 10.8. The number of carbonyl (C=O) groups is 1. The van der Waals surface area contributed by atoms with Gasteiger partial charge in [-0.05, 0) is 6.42 Å². The molecule has 0 aromatic carbocycles. The number of carbonyl (C=O) groups excluding carboxylic acids is 1. The van der Waals surface area contributed by atoms with Gasteiger partial charge in [0.25, 0.3) is 0 Å². The van der Waals surface area contributed by atoms with Crippen LogP contribution < -0.4 is 0 Å². The number of thioether (sulfide) groups is 1. The molecule has 0 aromatic rings. The van der Waals surface area contributed by atoms with Crippen molar-refractivity contribution in [2.45, 2.75) is 20.3 Å². The first-order valence-corrected chi connectivity index (χ1v) is 5.05. The molecule has 1 rings (SSSR count). The Morgan fingerprint density at radius 2 is 2.45 bits per heavy atom. The molecule has 1 heterocycles. The van der Waals surface area contributed by atoms with Crippen molar-refractivity contribution in [2.24, 2.45) is 5.41 Å². The van der Waals surface area contributed by atoms with Gasteiger partial charge in [-0.2, -0.15) is 0 Å². The predicted molar refractivity (Wildman–Crippen MR) is 46.7 cm³/mol. The van der Waals surface area contributed by atoms with Crippen molar-refractivity contribution in [1.82, 2.24) is 0 Å². The number of rotatable bonds is 1. The van der Waals surface area contributed by atoms with Gasteiger partial charge in [-0.25, -0.2) is 0 Å². The lowest BCUT2D eigenvalue weighted by atomic mass is 9.91. The molecule has 1 saturated heterocycles. The van der Waals surface area contributed by atoms with Gasteiger partial charge in [0.15, 0.2) is 0 Å². The van der Waals surface area contributed by atoms with Gasteiger partial charge in [0.1, 0.15) is 0 Å². The zero-order chi connectivity index (χ0) is 8.32. The summed E-state index contributed by atoms with van der Waals surface area (Å²) in [6.07, 6.45) is 1.08. The fourth-order valence-corrected chi connectivity index (χ4v) is 2.06. The minimum Gasteiger partial charge on any atom is -0.464 e. The van der Waals surface area contributed by atoms with E-state index < -0.39 is 0 Å². The second-order valence-electron chi connectivity index (χ2n) is 3.32. The lowest BCUT2D eigenvalue weighted by molar-refractivity contribution is -0.142. The Balaban J connectivity index is 2.52. The van der Waals surface area contributed by atoms with E-state index in [0.29, 0.717) is 12.4 Å². The molecule has 0 radical (unpaired) electrons. The highest BCUT2D eigenvalue weighted by molar-refractivity contribution is 7.99. The molecule has 2 nitrogen and oxygen atoms in total. The molecule has 0 N–H and O–H groups in total. The fraction of sp³-hybridized carbons (Fsp3) is 0.875. The van der Waals surface area contributed by atoms with Crippen LogP contribution in [0.3, 0.4) is 0 Å². The zero-order valence-corrected chi connectivity index (χ0v) is 7.87. The molecule has 0 amide bonds. The van der Waals surface area contributed by atoms with Crippen molar-refractivity contribution < 1.29 is 9.53 Å². The summed E-state index contributed by atoms with van der Waals surface area (Å²) < 4.78 is 5.05. The van der Waals surface area contributed by atoms with Crippen LogP contribution in [0.2, 0.25) is 0 Å². The van der Waals surface area contributed by atoms with Crippen LogP contribution in [0.15, 0.2) is 0 Å². The normalized spacial score (nSPS) is 32.7. The van der Waals surface area contributed by atoms with Gasteiger partial charge in [-0.15, -0.1) is 11.8 Å². The Bertz CT molecular complexity index is 158. The summed E-state index contributed by atoms with van der Waals surface area (Å²) in [4.78, 5) is 10.8. The summed E-state index contributed by atoms with van der Waals surface area (Å²) in [5, 5.41) is 0. The van der Waals surface area contributed by atoms with E-state index in [4.69, 9.17) is 4.74 Å². The molecule has 1 fully saturated rings. The molecule has 0 aromatic heterocycles. The molecular weight excluding hydrogens is 160 g/mol. The van der Waals surface area contributed by atoms with E-state index in [-0.39, 0.29) is 11.4 Å². The van der Waals surface area contributed by atoms with E-state index >= 15 is 0 Å². The van der Waals surface area contributed by atoms with Crippen LogP contribution in [0.1, 0.15) is 20.3 Å². The first-order chi connectivity index (χ1) is 5.16. The average molecular weight is 174 g/mol. The van der Waals surface area contributed by atoms with E-state index in [2.05, 4.69) is 13.8 Å². The first kappa shape index (κ1) is 8.91. The molecule has 11 heavy (non-hydrogen) atoms. The van der Waals surface area contributed by atoms with Gasteiger partial charge in [0, 0.05) is 11.2 Å². The summed E-state index contributed by atoms with van der Waals surface area (Å²) in [5.41, 5.74) is 0.205. The van der Waals surface area contributed by atoms with Crippen LogP contribution in [0.25, 0.3) is 0 Å². The standard InChI is InChI=1S/C8H14O2S/c1-3-8(2)5-10-7(9)4-11-6-8/h3-6H2,1-2H3. The lowest BCUT2D eigenvalue weighted by Gasteiger charge is -2.23. The summed E-state index contributed by atoms with van der Waals surface area (Å²) >= 11 is 1.68. The van der Waals surface area contributed by atoms with Crippen molar-refractivity contribution in [2.75, 3.05) is 18.1 Å². The molecule has 1 atom stereocenters. The summed E-state index contributed by atoms with van der Waals surface area (Å²) in [6, 6.07) is 0. The number of ether oxygens (including phenoxy) is 1. The van der Waals surface area contributed by atoms with Crippen molar-refractivity contribution in [3.8, 4) is 0 Å². The number of hydrogen-bond donors (Lipinski definition) is 0. The fourth-order valence-electron chi connectivity index (χ4n) is 0.923. The SMILES string of the molecule is CCC1(C)COC(=O)CSC1. The number of hydrogen-bond acceptors (Lipinski definition) is 3. The molecular formula is C8H14O2S. The summed E-state index contributed by atoms with van der Waals surface area (Å²) in [6.45, 7) is 4.90. The Hall–Kier alpha value is -0.180. The van der Waals surface area contributed by atoms with Crippen LogP contribution in [0, 0.1) is 5.41 Å². The highest BCUT2D eigenvalue weighted by Crippen LogP contribution is 2.29. The largest absolute Gasteiger partial charge is 0.464 e. The minimum atomic E-state index is -0.0628. The lowest BCUT2D eigenvalue weighted by Crippen LogP contribution is -2.24. The minimum absolute atomic E-state index is 0.0628. The quantitative estimate of drug-likeness (QED) is 0.566.